The van der Waals surface area contributed by atoms with Crippen molar-refractivity contribution in [2.24, 2.45) is 17.3 Å². The van der Waals surface area contributed by atoms with Gasteiger partial charge in [0.15, 0.2) is 0 Å². The number of carbonyl (C=O) groups is 1. The van der Waals surface area contributed by atoms with Crippen LogP contribution in [0, 0.1) is 17.3 Å². The van der Waals surface area contributed by atoms with Gasteiger partial charge in [-0.15, -0.1) is 12.4 Å². The SMILES string of the molecule is CC(CNC(=O)C1CC12CCNCC2)Cn1cccn1.Cl. The molecule has 1 aromatic heterocycles. The van der Waals surface area contributed by atoms with Crippen molar-refractivity contribution >= 4 is 18.3 Å². The number of nitrogens with one attached hydrogen (secondary N) is 2. The normalized spacial score (nSPS) is 24.1. The minimum atomic E-state index is 0. The van der Waals surface area contributed by atoms with Crippen molar-refractivity contribution in [1.82, 2.24) is 20.4 Å². The second-order valence-corrected chi connectivity index (χ2v) is 6.45. The van der Waals surface area contributed by atoms with E-state index in [9.17, 15) is 4.79 Å². The van der Waals surface area contributed by atoms with Crippen molar-refractivity contribution < 1.29 is 4.79 Å². The summed E-state index contributed by atoms with van der Waals surface area (Å²) < 4.78 is 1.92. The van der Waals surface area contributed by atoms with Crippen molar-refractivity contribution in [1.29, 1.82) is 0 Å². The summed E-state index contributed by atoms with van der Waals surface area (Å²) in [5.74, 6) is 0.933. The van der Waals surface area contributed by atoms with Gasteiger partial charge >= 0.3 is 0 Å². The molecule has 1 saturated carbocycles. The van der Waals surface area contributed by atoms with Crippen LogP contribution in [-0.2, 0) is 11.3 Å². The number of aromatic nitrogens is 2. The van der Waals surface area contributed by atoms with Crippen molar-refractivity contribution in [3.63, 3.8) is 0 Å². The van der Waals surface area contributed by atoms with E-state index in [1.807, 2.05) is 16.9 Å². The van der Waals surface area contributed by atoms with Crippen molar-refractivity contribution in [3.8, 4) is 0 Å². The predicted molar refractivity (Wildman–Crippen MR) is 84.3 cm³/mol. The summed E-state index contributed by atoms with van der Waals surface area (Å²) in [6.45, 7) is 5.88. The molecule has 2 unspecified atom stereocenters. The fraction of sp³-hybridized carbons (Fsp3) is 0.733. The number of halogens is 1. The van der Waals surface area contributed by atoms with Crippen LogP contribution >= 0.6 is 12.4 Å². The summed E-state index contributed by atoms with van der Waals surface area (Å²) in [6, 6.07) is 1.93. The molecule has 2 aliphatic rings. The van der Waals surface area contributed by atoms with Crippen LogP contribution in [0.15, 0.2) is 18.5 Å². The zero-order valence-corrected chi connectivity index (χ0v) is 13.4. The highest BCUT2D eigenvalue weighted by Gasteiger charge is 2.57. The quantitative estimate of drug-likeness (QED) is 0.865. The van der Waals surface area contributed by atoms with Crippen molar-refractivity contribution in [2.45, 2.75) is 32.7 Å². The molecule has 1 aromatic rings. The van der Waals surface area contributed by atoms with Gasteiger partial charge in [-0.1, -0.05) is 6.92 Å². The van der Waals surface area contributed by atoms with Gasteiger partial charge < -0.3 is 10.6 Å². The summed E-state index contributed by atoms with van der Waals surface area (Å²) in [7, 11) is 0. The third kappa shape index (κ3) is 3.77. The highest BCUT2D eigenvalue weighted by atomic mass is 35.5. The van der Waals surface area contributed by atoms with Gasteiger partial charge in [-0.3, -0.25) is 9.48 Å². The van der Waals surface area contributed by atoms with Gasteiger partial charge in [0.25, 0.3) is 0 Å². The summed E-state index contributed by atoms with van der Waals surface area (Å²) in [5.41, 5.74) is 0.334. The fourth-order valence-corrected chi connectivity index (χ4v) is 3.39. The molecule has 1 aliphatic heterocycles. The van der Waals surface area contributed by atoms with E-state index in [4.69, 9.17) is 0 Å². The lowest BCUT2D eigenvalue weighted by Crippen LogP contribution is -2.35. The van der Waals surface area contributed by atoms with Gasteiger partial charge in [0.05, 0.1) is 0 Å². The number of hydrogen-bond donors (Lipinski definition) is 2. The molecule has 1 spiro atoms. The Kier molecular flexibility index (Phi) is 5.27. The standard InChI is InChI=1S/C15H24N4O.ClH/c1-12(11-19-8-2-5-18-19)10-17-14(20)13-9-15(13)3-6-16-7-4-15;/h2,5,8,12-13,16H,3-4,6-7,9-11H2,1H3,(H,17,20);1H. The molecule has 5 nitrogen and oxygen atoms in total. The van der Waals surface area contributed by atoms with E-state index in [1.54, 1.807) is 6.20 Å². The van der Waals surface area contributed by atoms with E-state index in [2.05, 4.69) is 22.7 Å². The topological polar surface area (TPSA) is 59.0 Å². The molecule has 1 saturated heterocycles. The number of hydrogen-bond acceptors (Lipinski definition) is 3. The number of amides is 1. The van der Waals surface area contributed by atoms with Crippen LogP contribution in [0.2, 0.25) is 0 Å². The largest absolute Gasteiger partial charge is 0.356 e. The summed E-state index contributed by atoms with van der Waals surface area (Å²) in [6.07, 6.45) is 7.16. The number of rotatable bonds is 5. The zero-order chi connectivity index (χ0) is 14.0. The smallest absolute Gasteiger partial charge is 0.223 e. The molecular formula is C15H25ClN4O. The Hall–Kier alpha value is -1.07. The molecule has 2 atom stereocenters. The molecule has 2 fully saturated rings. The molecule has 2 N–H and O–H groups in total. The van der Waals surface area contributed by atoms with Crippen LogP contribution in [0.5, 0.6) is 0 Å². The van der Waals surface area contributed by atoms with E-state index in [1.165, 1.54) is 0 Å². The van der Waals surface area contributed by atoms with E-state index < -0.39 is 0 Å². The maximum absolute atomic E-state index is 12.2. The van der Waals surface area contributed by atoms with Crippen molar-refractivity contribution in [3.05, 3.63) is 18.5 Å². The summed E-state index contributed by atoms with van der Waals surface area (Å²) in [5, 5.41) is 10.7. The first kappa shape index (κ1) is 16.3. The van der Waals surface area contributed by atoms with Crippen LogP contribution < -0.4 is 10.6 Å². The number of carbonyl (C=O) groups excluding carboxylic acids is 1. The van der Waals surface area contributed by atoms with E-state index in [0.29, 0.717) is 11.3 Å². The monoisotopic (exact) mass is 312 g/mol. The van der Waals surface area contributed by atoms with E-state index >= 15 is 0 Å². The molecule has 3 rings (SSSR count). The molecule has 21 heavy (non-hydrogen) atoms. The van der Waals surface area contributed by atoms with Gasteiger partial charge in [0.1, 0.15) is 0 Å². The van der Waals surface area contributed by atoms with Crippen LogP contribution in [0.3, 0.4) is 0 Å². The van der Waals surface area contributed by atoms with E-state index in [-0.39, 0.29) is 24.2 Å². The molecule has 1 aliphatic carbocycles. The average molecular weight is 313 g/mol. The Balaban J connectivity index is 0.00000161. The molecule has 0 bridgehead atoms. The van der Waals surface area contributed by atoms with Crippen LogP contribution in [0.1, 0.15) is 26.2 Å². The van der Waals surface area contributed by atoms with E-state index in [0.717, 1.165) is 45.4 Å². The van der Waals surface area contributed by atoms with Crippen LogP contribution in [0.4, 0.5) is 0 Å². The van der Waals surface area contributed by atoms with Crippen molar-refractivity contribution in [2.75, 3.05) is 19.6 Å². The van der Waals surface area contributed by atoms with Gasteiger partial charge in [-0.2, -0.15) is 5.10 Å². The minimum absolute atomic E-state index is 0. The van der Waals surface area contributed by atoms with Crippen LogP contribution in [-0.4, -0.2) is 35.3 Å². The highest BCUT2D eigenvalue weighted by molar-refractivity contribution is 5.85. The summed E-state index contributed by atoms with van der Waals surface area (Å²) >= 11 is 0. The second kappa shape index (κ2) is 6.79. The highest BCUT2D eigenvalue weighted by Crippen LogP contribution is 2.58. The van der Waals surface area contributed by atoms with Gasteiger partial charge in [-0.05, 0) is 49.8 Å². The molecule has 0 radical (unpaired) electrons. The van der Waals surface area contributed by atoms with Gasteiger partial charge in [-0.25, -0.2) is 0 Å². The summed E-state index contributed by atoms with van der Waals surface area (Å²) in [4.78, 5) is 12.2. The number of piperidine rings is 1. The second-order valence-electron chi connectivity index (χ2n) is 6.45. The first-order valence-corrected chi connectivity index (χ1v) is 7.65. The zero-order valence-electron chi connectivity index (χ0n) is 12.5. The molecule has 0 aromatic carbocycles. The first-order valence-electron chi connectivity index (χ1n) is 7.65. The Morgan fingerprint density at radius 1 is 1.52 bits per heavy atom. The fourth-order valence-electron chi connectivity index (χ4n) is 3.39. The Morgan fingerprint density at radius 3 is 2.95 bits per heavy atom. The van der Waals surface area contributed by atoms with Gasteiger partial charge in [0.2, 0.25) is 5.91 Å². The van der Waals surface area contributed by atoms with Crippen LogP contribution in [0.25, 0.3) is 0 Å². The molecule has 1 amide bonds. The Morgan fingerprint density at radius 2 is 2.29 bits per heavy atom. The Labute approximate surface area is 132 Å². The molecule has 2 heterocycles. The molecule has 6 heteroatoms. The van der Waals surface area contributed by atoms with Gasteiger partial charge in [0, 0.05) is 31.4 Å². The average Bonchev–Trinajstić information content (AvgIpc) is 2.90. The maximum Gasteiger partial charge on any atom is 0.223 e. The maximum atomic E-state index is 12.2. The lowest BCUT2D eigenvalue weighted by atomic mass is 9.92. The first-order chi connectivity index (χ1) is 9.70. The molecular weight excluding hydrogens is 288 g/mol. The predicted octanol–water partition coefficient (Wildman–Crippen LogP) is 1.45. The third-order valence-electron chi connectivity index (χ3n) is 4.79. The lowest BCUT2D eigenvalue weighted by molar-refractivity contribution is -0.123. The third-order valence-corrected chi connectivity index (χ3v) is 4.79. The lowest BCUT2D eigenvalue weighted by Gasteiger charge is -2.23. The number of nitrogens with zero attached hydrogens (tertiary/aromatic N) is 2. The minimum Gasteiger partial charge on any atom is -0.356 e. The molecule has 118 valence electrons. The Bertz CT molecular complexity index is 456.